The molecule has 2 aliphatic rings. The first-order chi connectivity index (χ1) is 8.52. The van der Waals surface area contributed by atoms with Crippen molar-refractivity contribution in [3.63, 3.8) is 0 Å². The summed E-state index contributed by atoms with van der Waals surface area (Å²) in [4.78, 5) is 4.49. The van der Waals surface area contributed by atoms with Crippen LogP contribution in [0.4, 0.5) is 0 Å². The third-order valence-corrected chi connectivity index (χ3v) is 8.89. The van der Waals surface area contributed by atoms with Crippen molar-refractivity contribution in [3.05, 3.63) is 0 Å². The van der Waals surface area contributed by atoms with E-state index < -0.39 is 14.1 Å². The van der Waals surface area contributed by atoms with E-state index >= 15 is 0 Å². The Balaban J connectivity index is 1.94. The molecule has 0 N–H and O–H groups in total. The van der Waals surface area contributed by atoms with Gasteiger partial charge in [-0.05, 0) is 32.0 Å². The van der Waals surface area contributed by atoms with E-state index in [2.05, 4.69) is 38.9 Å². The molecule has 0 saturated carbocycles. The van der Waals surface area contributed by atoms with Crippen molar-refractivity contribution in [2.75, 3.05) is 6.61 Å². The van der Waals surface area contributed by atoms with Gasteiger partial charge in [0.15, 0.2) is 14.1 Å². The highest BCUT2D eigenvalue weighted by Crippen LogP contribution is 2.38. The molecule has 0 spiro atoms. The van der Waals surface area contributed by atoms with Crippen molar-refractivity contribution in [1.29, 1.82) is 0 Å². The van der Waals surface area contributed by atoms with Crippen molar-refractivity contribution in [3.8, 4) is 0 Å². The lowest BCUT2D eigenvalue weighted by Gasteiger charge is -2.37. The van der Waals surface area contributed by atoms with Crippen LogP contribution in [0.3, 0.4) is 0 Å². The molecule has 0 amide bonds. The quantitative estimate of drug-likeness (QED) is 0.748. The van der Waals surface area contributed by atoms with E-state index in [0.29, 0.717) is 6.61 Å². The maximum absolute atomic E-state index is 6.24. The van der Waals surface area contributed by atoms with E-state index in [1.807, 2.05) is 20.1 Å². The minimum Gasteiger partial charge on any atom is -0.415 e. The van der Waals surface area contributed by atoms with Crippen LogP contribution in [0.2, 0.25) is 18.1 Å². The van der Waals surface area contributed by atoms with Crippen LogP contribution in [0.15, 0.2) is 4.99 Å². The number of aliphatic imine (C=N–C) groups is 1. The maximum atomic E-state index is 6.24. The summed E-state index contributed by atoms with van der Waals surface area (Å²) in [5, 5.41) is 0.223. The second kappa shape index (κ2) is 4.65. The molecule has 4 nitrogen and oxygen atoms in total. The van der Waals surface area contributed by atoms with Crippen LogP contribution in [0.1, 0.15) is 34.6 Å². The van der Waals surface area contributed by atoms with Crippen LogP contribution in [0.5, 0.6) is 0 Å². The van der Waals surface area contributed by atoms with Gasteiger partial charge in [0.25, 0.3) is 0 Å². The molecule has 5 heteroatoms. The first-order valence-electron chi connectivity index (χ1n) is 7.05. The monoisotopic (exact) mass is 285 g/mol. The molecule has 0 bridgehead atoms. The highest BCUT2D eigenvalue weighted by atomic mass is 28.4. The molecule has 0 radical (unpaired) electrons. The fourth-order valence-corrected chi connectivity index (χ4v) is 3.18. The van der Waals surface area contributed by atoms with Crippen LogP contribution < -0.4 is 0 Å². The SMILES string of the molecule is CC1(C)OC2C=NC(CO[Si](C)(C)C(C)(C)C)C2O1. The molecule has 1 saturated heterocycles. The van der Waals surface area contributed by atoms with E-state index in [1.165, 1.54) is 0 Å². The summed E-state index contributed by atoms with van der Waals surface area (Å²) in [5.41, 5.74) is 0. The molecule has 2 heterocycles. The van der Waals surface area contributed by atoms with E-state index in [4.69, 9.17) is 13.9 Å². The first-order valence-corrected chi connectivity index (χ1v) is 9.96. The summed E-state index contributed by atoms with van der Waals surface area (Å²) < 4.78 is 18.0. The van der Waals surface area contributed by atoms with E-state index in [0.717, 1.165) is 0 Å². The summed E-state index contributed by atoms with van der Waals surface area (Å²) in [6.45, 7) is 15.8. The number of nitrogens with zero attached hydrogens (tertiary/aromatic N) is 1. The highest BCUT2D eigenvalue weighted by molar-refractivity contribution is 6.74. The van der Waals surface area contributed by atoms with Gasteiger partial charge < -0.3 is 13.9 Å². The van der Waals surface area contributed by atoms with Crippen molar-refractivity contribution < 1.29 is 13.9 Å². The number of fused-ring (bicyclic) bond motifs is 1. The van der Waals surface area contributed by atoms with Crippen molar-refractivity contribution in [1.82, 2.24) is 0 Å². The lowest BCUT2D eigenvalue weighted by atomic mass is 10.1. The Labute approximate surface area is 117 Å². The largest absolute Gasteiger partial charge is 0.415 e. The van der Waals surface area contributed by atoms with Crippen LogP contribution in [-0.4, -0.2) is 45.2 Å². The standard InChI is InChI=1S/C14H27NO3Si/c1-13(2,3)19(6,7)16-9-10-12-11(8-15-10)17-14(4,5)18-12/h8,10-12H,9H2,1-7H3. The average molecular weight is 285 g/mol. The zero-order valence-corrected chi connectivity index (χ0v) is 14.2. The smallest absolute Gasteiger partial charge is 0.192 e. The average Bonchev–Trinajstić information content (AvgIpc) is 2.68. The third-order valence-electron chi connectivity index (χ3n) is 4.39. The molecular weight excluding hydrogens is 258 g/mol. The van der Waals surface area contributed by atoms with Crippen LogP contribution in [-0.2, 0) is 13.9 Å². The molecule has 1 fully saturated rings. The van der Waals surface area contributed by atoms with Crippen LogP contribution in [0, 0.1) is 0 Å². The number of ether oxygens (including phenoxy) is 2. The lowest BCUT2D eigenvalue weighted by molar-refractivity contribution is -0.145. The summed E-state index contributed by atoms with van der Waals surface area (Å²) in [6.07, 6.45) is 1.88. The Bertz CT molecular complexity index is 373. The summed E-state index contributed by atoms with van der Waals surface area (Å²) in [7, 11) is -1.72. The van der Waals surface area contributed by atoms with Crippen molar-refractivity contribution in [2.24, 2.45) is 4.99 Å². The lowest BCUT2D eigenvalue weighted by Crippen LogP contribution is -2.44. The Morgan fingerprint density at radius 1 is 1.26 bits per heavy atom. The molecule has 0 aromatic carbocycles. The first kappa shape index (κ1) is 15.2. The molecule has 0 aliphatic carbocycles. The fraction of sp³-hybridized carbons (Fsp3) is 0.929. The minimum absolute atomic E-state index is 0.0111. The highest BCUT2D eigenvalue weighted by Gasteiger charge is 2.48. The number of rotatable bonds is 3. The summed E-state index contributed by atoms with van der Waals surface area (Å²) in [5.74, 6) is -0.503. The molecule has 2 rings (SSSR count). The fourth-order valence-electron chi connectivity index (χ4n) is 2.16. The summed E-state index contributed by atoms with van der Waals surface area (Å²) >= 11 is 0. The Hall–Kier alpha value is -0.233. The number of hydrogen-bond donors (Lipinski definition) is 0. The maximum Gasteiger partial charge on any atom is 0.192 e. The topological polar surface area (TPSA) is 40.0 Å². The number of hydrogen-bond acceptors (Lipinski definition) is 4. The zero-order valence-electron chi connectivity index (χ0n) is 13.2. The van der Waals surface area contributed by atoms with E-state index in [-0.39, 0.29) is 23.3 Å². The van der Waals surface area contributed by atoms with Crippen LogP contribution in [0.25, 0.3) is 0 Å². The normalized spacial score (nSPS) is 33.7. The molecule has 110 valence electrons. The second-order valence-electron chi connectivity index (χ2n) is 7.50. The van der Waals surface area contributed by atoms with Gasteiger partial charge in [0, 0.05) is 6.21 Å². The predicted molar refractivity (Wildman–Crippen MR) is 79.3 cm³/mol. The molecule has 19 heavy (non-hydrogen) atoms. The zero-order chi connectivity index (χ0) is 14.5. The van der Waals surface area contributed by atoms with E-state index in [1.54, 1.807) is 0 Å². The van der Waals surface area contributed by atoms with E-state index in [9.17, 15) is 0 Å². The van der Waals surface area contributed by atoms with Gasteiger partial charge in [-0.2, -0.15) is 0 Å². The molecule has 3 atom stereocenters. The molecule has 0 aromatic rings. The molecule has 0 aromatic heterocycles. The molecule has 3 unspecified atom stereocenters. The summed E-state index contributed by atoms with van der Waals surface area (Å²) in [6, 6.07) is 0.0703. The van der Waals surface area contributed by atoms with Crippen LogP contribution >= 0.6 is 0 Å². The second-order valence-corrected chi connectivity index (χ2v) is 12.3. The van der Waals surface area contributed by atoms with Gasteiger partial charge in [-0.15, -0.1) is 0 Å². The van der Waals surface area contributed by atoms with Gasteiger partial charge in [0.1, 0.15) is 18.2 Å². The third kappa shape index (κ3) is 3.10. The minimum atomic E-state index is -1.72. The van der Waals surface area contributed by atoms with Gasteiger partial charge in [0.05, 0.1) is 6.61 Å². The van der Waals surface area contributed by atoms with Gasteiger partial charge in [-0.3, -0.25) is 4.99 Å². The van der Waals surface area contributed by atoms with Gasteiger partial charge >= 0.3 is 0 Å². The van der Waals surface area contributed by atoms with Gasteiger partial charge in [-0.25, -0.2) is 0 Å². The van der Waals surface area contributed by atoms with Crippen molar-refractivity contribution >= 4 is 14.5 Å². The molecule has 2 aliphatic heterocycles. The van der Waals surface area contributed by atoms with Crippen molar-refractivity contribution in [2.45, 2.75) is 76.8 Å². The molecular formula is C14H27NO3Si. The Morgan fingerprint density at radius 2 is 1.89 bits per heavy atom. The Morgan fingerprint density at radius 3 is 2.47 bits per heavy atom. The predicted octanol–water partition coefficient (Wildman–Crippen LogP) is 2.98. The van der Waals surface area contributed by atoms with Gasteiger partial charge in [0.2, 0.25) is 0 Å². The Kier molecular flexibility index (Phi) is 3.71. The van der Waals surface area contributed by atoms with Gasteiger partial charge in [-0.1, -0.05) is 20.8 Å².